The lowest BCUT2D eigenvalue weighted by atomic mass is 9.93. The number of likely N-dealkylation sites (tertiary alicyclic amines) is 1. The van der Waals surface area contributed by atoms with Gasteiger partial charge in [-0.3, -0.25) is 43.8 Å². The van der Waals surface area contributed by atoms with Crippen LogP contribution in [0, 0.1) is 0 Å². The Morgan fingerprint density at radius 2 is 1.29 bits per heavy atom. The maximum atomic E-state index is 14.5. The summed E-state index contributed by atoms with van der Waals surface area (Å²) in [4.78, 5) is 94.1. The van der Waals surface area contributed by atoms with Crippen molar-refractivity contribution >= 4 is 105 Å². The fourth-order valence-electron chi connectivity index (χ4n) is 7.89. The van der Waals surface area contributed by atoms with Crippen molar-refractivity contribution in [3.05, 3.63) is 144 Å². The van der Waals surface area contributed by atoms with E-state index in [1.165, 1.54) is 6.07 Å². The molecule has 1 unspecified atom stereocenters. The highest BCUT2D eigenvalue weighted by Gasteiger charge is 2.44. The van der Waals surface area contributed by atoms with E-state index in [2.05, 4.69) is 16.0 Å². The molecule has 0 spiro atoms. The standard InChI is InChI=1S/C50H47Cl4N5O10/c51-38-10-6-31(24-40(38)53)22-33-28-58(29-34(46(33)62)23-32-7-11-39(52)41(54)25-32)50(66)42(26-30-4-2-1-3-5-30)56-45(61)14-16-67-18-20-69-21-19-68-17-15-55-35-8-9-36-37(27-35)49(65)59(48(36)64)43-12-13-44(60)57-47(43)63/h1-11,22-25,27,42-43,55H,12-21,26,28-29H2,(H,56,61)(H,57,60,63)/b33-22+,34-23+/t42-,43?/m0/s1. The third-order valence-electron chi connectivity index (χ3n) is 11.3. The minimum atomic E-state index is -1.03. The van der Waals surface area contributed by atoms with Gasteiger partial charge >= 0.3 is 0 Å². The van der Waals surface area contributed by atoms with Gasteiger partial charge in [0.15, 0.2) is 5.78 Å². The fourth-order valence-corrected chi connectivity index (χ4v) is 8.51. The van der Waals surface area contributed by atoms with Gasteiger partial charge in [-0.25, -0.2) is 0 Å². The average molecular weight is 1020 g/mol. The third kappa shape index (κ3) is 13.5. The number of benzene rings is 4. The van der Waals surface area contributed by atoms with Crippen LogP contribution in [-0.2, 0) is 44.6 Å². The van der Waals surface area contributed by atoms with Crippen LogP contribution in [-0.4, -0.2) is 122 Å². The minimum absolute atomic E-state index is 0.0229. The highest BCUT2D eigenvalue weighted by atomic mass is 35.5. The van der Waals surface area contributed by atoms with E-state index in [-0.39, 0.29) is 88.0 Å². The molecule has 15 nitrogen and oxygen atoms in total. The Hall–Kier alpha value is -5.91. The van der Waals surface area contributed by atoms with E-state index >= 15 is 0 Å². The van der Waals surface area contributed by atoms with Crippen LogP contribution in [0.15, 0.2) is 96.1 Å². The molecule has 19 heteroatoms. The molecular formula is C50H47Cl4N5O10. The summed E-state index contributed by atoms with van der Waals surface area (Å²) < 4.78 is 16.9. The molecule has 0 bridgehead atoms. The summed E-state index contributed by atoms with van der Waals surface area (Å²) in [6.07, 6.45) is 3.64. The Bertz CT molecular complexity index is 2620. The van der Waals surface area contributed by atoms with Crippen LogP contribution in [0.3, 0.4) is 0 Å². The number of carbonyl (C=O) groups excluding carboxylic acids is 7. The molecule has 0 aliphatic carbocycles. The first kappa shape index (κ1) is 51.0. The Labute approximate surface area is 418 Å². The van der Waals surface area contributed by atoms with E-state index in [9.17, 15) is 33.6 Å². The molecule has 2 saturated heterocycles. The van der Waals surface area contributed by atoms with Gasteiger partial charge in [0.25, 0.3) is 11.8 Å². The van der Waals surface area contributed by atoms with Crippen molar-refractivity contribution in [2.45, 2.75) is 37.8 Å². The van der Waals surface area contributed by atoms with Crippen molar-refractivity contribution in [1.29, 1.82) is 0 Å². The highest BCUT2D eigenvalue weighted by Crippen LogP contribution is 2.31. The monoisotopic (exact) mass is 1020 g/mol. The molecule has 6 amide bonds. The van der Waals surface area contributed by atoms with Gasteiger partial charge in [0.2, 0.25) is 23.6 Å². The van der Waals surface area contributed by atoms with Gasteiger partial charge in [0.1, 0.15) is 12.1 Å². The van der Waals surface area contributed by atoms with Gasteiger partial charge in [-0.2, -0.15) is 0 Å². The number of hydrogen-bond acceptors (Lipinski definition) is 11. The lowest BCUT2D eigenvalue weighted by molar-refractivity contribution is -0.137. The minimum Gasteiger partial charge on any atom is -0.383 e. The quantitative estimate of drug-likeness (QED) is 0.0477. The molecule has 3 heterocycles. The zero-order valence-electron chi connectivity index (χ0n) is 37.1. The number of imide groups is 2. The van der Waals surface area contributed by atoms with Crippen LogP contribution in [0.25, 0.3) is 12.2 Å². The van der Waals surface area contributed by atoms with Gasteiger partial charge in [0, 0.05) is 55.7 Å². The average Bonchev–Trinajstić information content (AvgIpc) is 3.57. The lowest BCUT2D eigenvalue weighted by Gasteiger charge is -2.33. The molecule has 69 heavy (non-hydrogen) atoms. The molecule has 2 atom stereocenters. The maximum Gasteiger partial charge on any atom is 0.262 e. The summed E-state index contributed by atoms with van der Waals surface area (Å²) in [5.41, 5.74) is 3.69. The smallest absolute Gasteiger partial charge is 0.262 e. The Kier molecular flexibility index (Phi) is 17.8. The number of nitrogens with one attached hydrogen (secondary N) is 3. The lowest BCUT2D eigenvalue weighted by Crippen LogP contribution is -2.54. The number of carbonyl (C=O) groups is 7. The fraction of sp³-hybridized carbons (Fsp3) is 0.300. The second kappa shape index (κ2) is 24.1. The molecule has 2 fully saturated rings. The first-order chi connectivity index (χ1) is 33.2. The normalized spacial score (nSPS) is 17.6. The number of anilines is 1. The van der Waals surface area contributed by atoms with Crippen LogP contribution < -0.4 is 16.0 Å². The zero-order valence-corrected chi connectivity index (χ0v) is 40.1. The van der Waals surface area contributed by atoms with Crippen molar-refractivity contribution in [3.63, 3.8) is 0 Å². The van der Waals surface area contributed by atoms with Gasteiger partial charge in [0.05, 0.1) is 70.9 Å². The molecule has 0 saturated carbocycles. The first-order valence-corrected chi connectivity index (χ1v) is 23.6. The number of ketones is 1. The van der Waals surface area contributed by atoms with Crippen LogP contribution in [0.4, 0.5) is 5.69 Å². The molecular weight excluding hydrogens is 972 g/mol. The van der Waals surface area contributed by atoms with Gasteiger partial charge < -0.3 is 29.7 Å². The largest absolute Gasteiger partial charge is 0.383 e. The third-order valence-corrected chi connectivity index (χ3v) is 12.8. The van der Waals surface area contributed by atoms with Crippen molar-refractivity contribution in [1.82, 2.24) is 20.4 Å². The van der Waals surface area contributed by atoms with Crippen molar-refractivity contribution in [3.8, 4) is 0 Å². The van der Waals surface area contributed by atoms with Crippen molar-refractivity contribution in [2.24, 2.45) is 0 Å². The van der Waals surface area contributed by atoms with Gasteiger partial charge in [-0.1, -0.05) is 88.9 Å². The number of rotatable bonds is 20. The van der Waals surface area contributed by atoms with Gasteiger partial charge in [-0.05, 0) is 77.7 Å². The predicted molar refractivity (Wildman–Crippen MR) is 261 cm³/mol. The molecule has 7 rings (SSSR count). The number of fused-ring (bicyclic) bond motifs is 1. The van der Waals surface area contributed by atoms with E-state index < -0.39 is 41.6 Å². The second-order valence-corrected chi connectivity index (χ2v) is 17.9. The van der Waals surface area contributed by atoms with E-state index in [1.807, 2.05) is 30.3 Å². The Morgan fingerprint density at radius 3 is 1.90 bits per heavy atom. The molecule has 3 aliphatic rings. The van der Waals surface area contributed by atoms with Crippen LogP contribution >= 0.6 is 46.4 Å². The highest BCUT2D eigenvalue weighted by molar-refractivity contribution is 6.42. The SMILES string of the molecule is O=C1CCC(N2C(=O)c3ccc(NCCOCCOCCOCCC(=O)N[C@@H](Cc4ccccc4)C(=O)N4C/C(=C\c5ccc(Cl)c(Cl)c5)C(=O)/C(=C/c5ccc(Cl)c(Cl)c5)C4)cc3C2=O)C(=O)N1. The molecule has 0 radical (unpaired) electrons. The number of piperidine rings is 2. The predicted octanol–water partition coefficient (Wildman–Crippen LogP) is 6.86. The number of Topliss-reactive ketones (excluding diaryl/α,β-unsaturated/α-hetero) is 1. The number of hydrogen-bond donors (Lipinski definition) is 3. The zero-order chi connectivity index (χ0) is 49.0. The summed E-state index contributed by atoms with van der Waals surface area (Å²) in [6, 6.07) is 22.0. The topological polar surface area (TPSA) is 190 Å². The van der Waals surface area contributed by atoms with E-state index in [0.717, 1.165) is 10.5 Å². The Morgan fingerprint density at radius 1 is 0.696 bits per heavy atom. The molecule has 4 aromatic rings. The number of nitrogens with zero attached hydrogens (tertiary/aromatic N) is 2. The van der Waals surface area contributed by atoms with Crippen molar-refractivity contribution < 1.29 is 47.8 Å². The van der Waals surface area contributed by atoms with Crippen LogP contribution in [0.5, 0.6) is 0 Å². The van der Waals surface area contributed by atoms with E-state index in [0.29, 0.717) is 67.8 Å². The van der Waals surface area contributed by atoms with Crippen LogP contribution in [0.1, 0.15) is 56.7 Å². The Balaban J connectivity index is 0.853. The van der Waals surface area contributed by atoms with Gasteiger partial charge in [-0.15, -0.1) is 0 Å². The molecule has 360 valence electrons. The summed E-state index contributed by atoms with van der Waals surface area (Å²) in [5, 5.41) is 9.57. The number of amides is 6. The summed E-state index contributed by atoms with van der Waals surface area (Å²) in [5.74, 6) is -3.30. The molecule has 3 N–H and O–H groups in total. The van der Waals surface area contributed by atoms with Crippen LogP contribution in [0.2, 0.25) is 20.1 Å². The first-order valence-electron chi connectivity index (χ1n) is 22.1. The maximum absolute atomic E-state index is 14.5. The molecule has 3 aliphatic heterocycles. The second-order valence-electron chi connectivity index (χ2n) is 16.2. The number of ether oxygens (including phenoxy) is 3. The summed E-state index contributed by atoms with van der Waals surface area (Å²) in [6.45, 7) is 1.78. The summed E-state index contributed by atoms with van der Waals surface area (Å²) >= 11 is 24.9. The van der Waals surface area contributed by atoms with E-state index in [1.54, 1.807) is 65.6 Å². The molecule has 4 aromatic carbocycles. The van der Waals surface area contributed by atoms with E-state index in [4.69, 9.17) is 60.6 Å². The molecule has 0 aromatic heterocycles. The summed E-state index contributed by atoms with van der Waals surface area (Å²) in [7, 11) is 0. The number of halogens is 4. The van der Waals surface area contributed by atoms with Crippen molar-refractivity contribution in [2.75, 3.05) is 64.6 Å².